The van der Waals surface area contributed by atoms with E-state index in [-0.39, 0.29) is 17.9 Å². The van der Waals surface area contributed by atoms with Crippen LogP contribution in [0, 0.1) is 0 Å². The molecule has 3 aromatic carbocycles. The third kappa shape index (κ3) is 4.42. The molecular weight excluding hydrogens is 336 g/mol. The number of primary amides is 1. The molecule has 1 unspecified atom stereocenters. The van der Waals surface area contributed by atoms with Gasteiger partial charge in [0.2, 0.25) is 5.91 Å². The molecule has 0 fully saturated rings. The lowest BCUT2D eigenvalue weighted by molar-refractivity contribution is 0.0937. The van der Waals surface area contributed by atoms with Gasteiger partial charge in [0.05, 0.1) is 0 Å². The largest absolute Gasteiger partial charge is 0.366 e. The fourth-order valence-electron chi connectivity index (χ4n) is 3.28. The van der Waals surface area contributed by atoms with Gasteiger partial charge in [0.25, 0.3) is 5.91 Å². The smallest absolute Gasteiger partial charge is 0.251 e. The highest BCUT2D eigenvalue weighted by molar-refractivity contribution is 5.99. The van der Waals surface area contributed by atoms with Gasteiger partial charge >= 0.3 is 0 Å². The van der Waals surface area contributed by atoms with Crippen LogP contribution in [0.25, 0.3) is 0 Å². The third-order valence-corrected chi connectivity index (χ3v) is 4.59. The van der Waals surface area contributed by atoms with Gasteiger partial charge in [-0.2, -0.15) is 0 Å². The summed E-state index contributed by atoms with van der Waals surface area (Å²) in [5.74, 6) is -0.776. The molecule has 136 valence electrons. The molecule has 0 heterocycles. The van der Waals surface area contributed by atoms with Crippen molar-refractivity contribution in [2.75, 3.05) is 0 Å². The Bertz CT molecular complexity index is 884. The van der Waals surface area contributed by atoms with E-state index in [2.05, 4.69) is 29.6 Å². The first-order valence-electron chi connectivity index (χ1n) is 8.87. The molecule has 27 heavy (non-hydrogen) atoms. The number of hydrogen-bond acceptors (Lipinski definition) is 2. The van der Waals surface area contributed by atoms with Crippen LogP contribution in [0.4, 0.5) is 0 Å². The quantitative estimate of drug-likeness (QED) is 0.705. The maximum Gasteiger partial charge on any atom is 0.251 e. The lowest BCUT2D eigenvalue weighted by atomic mass is 9.85. The van der Waals surface area contributed by atoms with E-state index in [1.165, 1.54) is 6.07 Å². The second-order valence-electron chi connectivity index (χ2n) is 6.51. The summed E-state index contributed by atoms with van der Waals surface area (Å²) in [5, 5.41) is 3.07. The van der Waals surface area contributed by atoms with Crippen LogP contribution in [0.2, 0.25) is 0 Å². The Balaban J connectivity index is 1.87. The summed E-state index contributed by atoms with van der Waals surface area (Å²) in [7, 11) is 0. The van der Waals surface area contributed by atoms with Crippen LogP contribution < -0.4 is 11.1 Å². The van der Waals surface area contributed by atoms with Crippen molar-refractivity contribution in [3.63, 3.8) is 0 Å². The SMILES string of the molecule is CC(NC(=O)c1cccc(C(N)=O)c1)C(c1ccccc1)c1ccccc1. The molecule has 3 rings (SSSR count). The summed E-state index contributed by atoms with van der Waals surface area (Å²) in [6, 6.07) is 26.5. The maximum atomic E-state index is 12.7. The predicted molar refractivity (Wildman–Crippen MR) is 107 cm³/mol. The highest BCUT2D eigenvalue weighted by atomic mass is 16.2. The van der Waals surface area contributed by atoms with Gasteiger partial charge in [-0.15, -0.1) is 0 Å². The van der Waals surface area contributed by atoms with Gasteiger partial charge in [0.1, 0.15) is 0 Å². The van der Waals surface area contributed by atoms with Crippen LogP contribution in [0.5, 0.6) is 0 Å². The molecule has 3 N–H and O–H groups in total. The van der Waals surface area contributed by atoms with Gasteiger partial charge in [-0.3, -0.25) is 9.59 Å². The predicted octanol–water partition coefficient (Wildman–Crippen LogP) is 3.74. The fraction of sp³-hybridized carbons (Fsp3) is 0.130. The summed E-state index contributed by atoms with van der Waals surface area (Å²) in [6.07, 6.45) is 0. The minimum atomic E-state index is -0.552. The Morgan fingerprint density at radius 3 is 1.81 bits per heavy atom. The van der Waals surface area contributed by atoms with Crippen LogP contribution in [0.3, 0.4) is 0 Å². The Morgan fingerprint density at radius 1 is 0.778 bits per heavy atom. The number of amides is 2. The molecule has 0 saturated heterocycles. The first-order chi connectivity index (χ1) is 13.1. The molecular formula is C23H22N2O2. The van der Waals surface area contributed by atoms with E-state index in [4.69, 9.17) is 5.73 Å². The first kappa shape index (κ1) is 18.4. The molecule has 0 aliphatic rings. The fourth-order valence-corrected chi connectivity index (χ4v) is 3.28. The molecule has 0 spiro atoms. The molecule has 0 bridgehead atoms. The number of nitrogens with two attached hydrogens (primary N) is 1. The molecule has 0 aliphatic heterocycles. The molecule has 1 atom stereocenters. The molecule has 0 aliphatic carbocycles. The molecule has 2 amide bonds. The third-order valence-electron chi connectivity index (χ3n) is 4.59. The van der Waals surface area contributed by atoms with Crippen LogP contribution in [-0.4, -0.2) is 17.9 Å². The van der Waals surface area contributed by atoms with Crippen molar-refractivity contribution in [3.05, 3.63) is 107 Å². The van der Waals surface area contributed by atoms with Crippen LogP contribution in [0.15, 0.2) is 84.9 Å². The van der Waals surface area contributed by atoms with Gasteiger partial charge in [-0.1, -0.05) is 66.7 Å². The van der Waals surface area contributed by atoms with Crippen molar-refractivity contribution < 1.29 is 9.59 Å². The second kappa shape index (κ2) is 8.32. The van der Waals surface area contributed by atoms with Gasteiger partial charge in [-0.25, -0.2) is 0 Å². The van der Waals surface area contributed by atoms with Crippen molar-refractivity contribution in [1.29, 1.82) is 0 Å². The van der Waals surface area contributed by atoms with Crippen molar-refractivity contribution in [1.82, 2.24) is 5.32 Å². The normalized spacial score (nSPS) is 11.8. The van der Waals surface area contributed by atoms with Crippen molar-refractivity contribution in [3.8, 4) is 0 Å². The summed E-state index contributed by atoms with van der Waals surface area (Å²) in [6.45, 7) is 1.99. The average Bonchev–Trinajstić information content (AvgIpc) is 2.70. The molecule has 0 aromatic heterocycles. The number of rotatable bonds is 6. The first-order valence-corrected chi connectivity index (χ1v) is 8.87. The second-order valence-corrected chi connectivity index (χ2v) is 6.51. The lowest BCUT2D eigenvalue weighted by Gasteiger charge is -2.26. The summed E-state index contributed by atoms with van der Waals surface area (Å²) >= 11 is 0. The monoisotopic (exact) mass is 358 g/mol. The zero-order valence-electron chi connectivity index (χ0n) is 15.1. The summed E-state index contributed by atoms with van der Waals surface area (Å²) in [4.78, 5) is 24.1. The molecule has 4 heteroatoms. The van der Waals surface area contributed by atoms with E-state index in [1.54, 1.807) is 18.2 Å². The highest BCUT2D eigenvalue weighted by Gasteiger charge is 2.23. The zero-order chi connectivity index (χ0) is 19.2. The Kier molecular flexibility index (Phi) is 5.67. The van der Waals surface area contributed by atoms with Crippen LogP contribution in [-0.2, 0) is 0 Å². The maximum absolute atomic E-state index is 12.7. The van der Waals surface area contributed by atoms with Crippen molar-refractivity contribution in [2.24, 2.45) is 5.73 Å². The highest BCUT2D eigenvalue weighted by Crippen LogP contribution is 2.28. The number of nitrogens with one attached hydrogen (secondary N) is 1. The van der Waals surface area contributed by atoms with E-state index in [0.717, 1.165) is 11.1 Å². The zero-order valence-corrected chi connectivity index (χ0v) is 15.1. The van der Waals surface area contributed by atoms with E-state index < -0.39 is 5.91 Å². The molecule has 0 saturated carbocycles. The number of carbonyl (C=O) groups excluding carboxylic acids is 2. The number of benzene rings is 3. The minimum absolute atomic E-state index is 0.00988. The number of carbonyl (C=O) groups is 2. The summed E-state index contributed by atoms with van der Waals surface area (Å²) in [5.41, 5.74) is 8.30. The Labute approximate surface area is 159 Å². The van der Waals surface area contributed by atoms with E-state index in [1.807, 2.05) is 43.3 Å². The van der Waals surface area contributed by atoms with Crippen LogP contribution in [0.1, 0.15) is 44.7 Å². The Hall–Kier alpha value is -3.40. The van der Waals surface area contributed by atoms with Crippen LogP contribution >= 0.6 is 0 Å². The standard InChI is InChI=1S/C23H22N2O2/c1-16(25-23(27)20-14-8-13-19(15-20)22(24)26)21(17-9-4-2-5-10-17)18-11-6-3-7-12-18/h2-16,21H,1H3,(H2,24,26)(H,25,27). The minimum Gasteiger partial charge on any atom is -0.366 e. The van der Waals surface area contributed by atoms with Crippen molar-refractivity contribution >= 4 is 11.8 Å². The summed E-state index contributed by atoms with van der Waals surface area (Å²) < 4.78 is 0. The molecule has 0 radical (unpaired) electrons. The van der Waals surface area contributed by atoms with E-state index in [9.17, 15) is 9.59 Å². The Morgan fingerprint density at radius 2 is 1.30 bits per heavy atom. The van der Waals surface area contributed by atoms with Gasteiger partial charge in [0.15, 0.2) is 0 Å². The van der Waals surface area contributed by atoms with E-state index in [0.29, 0.717) is 11.1 Å². The average molecular weight is 358 g/mol. The van der Waals surface area contributed by atoms with E-state index >= 15 is 0 Å². The molecule has 3 aromatic rings. The topological polar surface area (TPSA) is 72.2 Å². The van der Waals surface area contributed by atoms with Gasteiger partial charge in [0, 0.05) is 23.1 Å². The molecule has 4 nitrogen and oxygen atoms in total. The lowest BCUT2D eigenvalue weighted by Crippen LogP contribution is -2.37. The van der Waals surface area contributed by atoms with Gasteiger partial charge in [-0.05, 0) is 36.2 Å². The van der Waals surface area contributed by atoms with Gasteiger partial charge < -0.3 is 11.1 Å². The number of hydrogen-bond donors (Lipinski definition) is 2. The van der Waals surface area contributed by atoms with Crippen molar-refractivity contribution in [2.45, 2.75) is 18.9 Å².